The van der Waals surface area contributed by atoms with Gasteiger partial charge in [0.2, 0.25) is 10.0 Å². The van der Waals surface area contributed by atoms with Crippen LogP contribution in [0.15, 0.2) is 0 Å². The molecule has 0 saturated carbocycles. The lowest BCUT2D eigenvalue weighted by molar-refractivity contribution is 0.370. The van der Waals surface area contributed by atoms with Gasteiger partial charge in [-0.05, 0) is 53.4 Å². The maximum atomic E-state index is 11.8. The SMILES string of the molecule is CCCNCCCCS(=O)(=O)NC(C)CN(C)C. The Labute approximate surface area is 112 Å². The molecule has 0 aliphatic heterocycles. The van der Waals surface area contributed by atoms with Crippen molar-refractivity contribution in [3.63, 3.8) is 0 Å². The van der Waals surface area contributed by atoms with Crippen LogP contribution < -0.4 is 10.0 Å². The van der Waals surface area contributed by atoms with Gasteiger partial charge in [-0.15, -0.1) is 0 Å². The molecule has 0 saturated heterocycles. The van der Waals surface area contributed by atoms with Crippen molar-refractivity contribution in [2.24, 2.45) is 0 Å². The highest BCUT2D eigenvalue weighted by atomic mass is 32.2. The first-order valence-corrected chi connectivity index (χ1v) is 8.38. The molecular weight excluding hydrogens is 250 g/mol. The molecule has 0 aliphatic carbocycles. The molecule has 0 amide bonds. The van der Waals surface area contributed by atoms with E-state index < -0.39 is 10.0 Å². The molecule has 1 atom stereocenters. The minimum absolute atomic E-state index is 0.0387. The monoisotopic (exact) mass is 279 g/mol. The molecule has 0 radical (unpaired) electrons. The molecule has 0 aromatic heterocycles. The number of nitrogens with zero attached hydrogens (tertiary/aromatic N) is 1. The standard InChI is InChI=1S/C12H29N3O2S/c1-5-8-13-9-6-7-10-18(16,17)14-12(2)11-15(3)4/h12-14H,5-11H2,1-4H3. The van der Waals surface area contributed by atoms with Crippen molar-refractivity contribution in [3.8, 4) is 0 Å². The first-order valence-electron chi connectivity index (χ1n) is 6.73. The molecule has 0 rings (SSSR count). The average molecular weight is 279 g/mol. The first kappa shape index (κ1) is 17.8. The summed E-state index contributed by atoms with van der Waals surface area (Å²) >= 11 is 0. The summed E-state index contributed by atoms with van der Waals surface area (Å²) in [5.41, 5.74) is 0. The Balaban J connectivity index is 3.73. The normalized spacial score (nSPS) is 14.1. The summed E-state index contributed by atoms with van der Waals surface area (Å²) in [7, 11) is 0.746. The van der Waals surface area contributed by atoms with Gasteiger partial charge in [0.15, 0.2) is 0 Å². The molecule has 0 aromatic carbocycles. The smallest absolute Gasteiger partial charge is 0.211 e. The molecule has 0 bridgehead atoms. The molecule has 0 aromatic rings. The van der Waals surface area contributed by atoms with Gasteiger partial charge in [-0.2, -0.15) is 0 Å². The lowest BCUT2D eigenvalue weighted by atomic mass is 10.3. The van der Waals surface area contributed by atoms with Gasteiger partial charge in [-0.3, -0.25) is 0 Å². The van der Waals surface area contributed by atoms with Crippen molar-refractivity contribution in [2.75, 3.05) is 39.5 Å². The fraction of sp³-hybridized carbons (Fsp3) is 1.00. The van der Waals surface area contributed by atoms with Gasteiger partial charge in [0.1, 0.15) is 0 Å². The van der Waals surface area contributed by atoms with Crippen LogP contribution >= 0.6 is 0 Å². The Hall–Kier alpha value is -0.170. The van der Waals surface area contributed by atoms with E-state index in [2.05, 4.69) is 17.0 Å². The highest BCUT2D eigenvalue weighted by Gasteiger charge is 2.14. The summed E-state index contributed by atoms with van der Waals surface area (Å²) in [6.45, 7) is 6.63. The number of likely N-dealkylation sites (N-methyl/N-ethyl adjacent to an activating group) is 1. The minimum atomic E-state index is -3.12. The molecule has 18 heavy (non-hydrogen) atoms. The quantitative estimate of drug-likeness (QED) is 0.545. The Morgan fingerprint density at radius 2 is 1.83 bits per heavy atom. The van der Waals surface area contributed by atoms with E-state index in [-0.39, 0.29) is 11.8 Å². The Morgan fingerprint density at radius 1 is 1.17 bits per heavy atom. The van der Waals surface area contributed by atoms with Crippen molar-refractivity contribution in [3.05, 3.63) is 0 Å². The molecule has 0 spiro atoms. The van der Waals surface area contributed by atoms with Gasteiger partial charge < -0.3 is 10.2 Å². The van der Waals surface area contributed by atoms with Gasteiger partial charge in [0.25, 0.3) is 0 Å². The number of unbranched alkanes of at least 4 members (excludes halogenated alkanes) is 1. The average Bonchev–Trinajstić information content (AvgIpc) is 2.20. The molecule has 0 fully saturated rings. The topological polar surface area (TPSA) is 61.4 Å². The predicted molar refractivity (Wildman–Crippen MR) is 77.3 cm³/mol. The number of hydrogen-bond acceptors (Lipinski definition) is 4. The molecule has 5 nitrogen and oxygen atoms in total. The van der Waals surface area contributed by atoms with Gasteiger partial charge >= 0.3 is 0 Å². The Morgan fingerprint density at radius 3 is 2.39 bits per heavy atom. The van der Waals surface area contributed by atoms with Gasteiger partial charge in [-0.1, -0.05) is 6.92 Å². The summed E-state index contributed by atoms with van der Waals surface area (Å²) in [6.07, 6.45) is 2.73. The van der Waals surface area contributed by atoms with E-state index in [9.17, 15) is 8.42 Å². The lowest BCUT2D eigenvalue weighted by Crippen LogP contribution is -2.40. The van der Waals surface area contributed by atoms with Crippen molar-refractivity contribution >= 4 is 10.0 Å². The third-order valence-corrected chi connectivity index (χ3v) is 4.05. The minimum Gasteiger partial charge on any atom is -0.317 e. The summed E-state index contributed by atoms with van der Waals surface area (Å²) in [6, 6.07) is -0.0387. The number of hydrogen-bond donors (Lipinski definition) is 2. The second-order valence-electron chi connectivity index (χ2n) is 5.06. The maximum absolute atomic E-state index is 11.8. The second kappa shape index (κ2) is 9.72. The zero-order valence-electron chi connectivity index (χ0n) is 12.2. The van der Waals surface area contributed by atoms with Gasteiger partial charge in [0.05, 0.1) is 5.75 Å². The van der Waals surface area contributed by atoms with Crippen LogP contribution in [0, 0.1) is 0 Å². The zero-order valence-corrected chi connectivity index (χ0v) is 13.0. The maximum Gasteiger partial charge on any atom is 0.211 e. The summed E-state index contributed by atoms with van der Waals surface area (Å²) in [5.74, 6) is 0.221. The van der Waals surface area contributed by atoms with Crippen LogP contribution in [0.4, 0.5) is 0 Å². The lowest BCUT2D eigenvalue weighted by Gasteiger charge is -2.18. The van der Waals surface area contributed by atoms with E-state index in [0.29, 0.717) is 6.42 Å². The van der Waals surface area contributed by atoms with Crippen molar-refractivity contribution in [1.29, 1.82) is 0 Å². The van der Waals surface area contributed by atoms with Crippen molar-refractivity contribution < 1.29 is 8.42 Å². The number of rotatable bonds is 11. The van der Waals surface area contributed by atoms with Crippen LogP contribution in [0.25, 0.3) is 0 Å². The Bertz CT molecular complexity index is 292. The van der Waals surface area contributed by atoms with Crippen LogP contribution in [-0.4, -0.2) is 58.8 Å². The third-order valence-electron chi connectivity index (χ3n) is 2.46. The molecular formula is C12H29N3O2S. The van der Waals surface area contributed by atoms with Crippen molar-refractivity contribution in [2.45, 2.75) is 39.2 Å². The fourth-order valence-electron chi connectivity index (χ4n) is 1.79. The summed E-state index contributed by atoms with van der Waals surface area (Å²) < 4.78 is 26.2. The van der Waals surface area contributed by atoms with E-state index >= 15 is 0 Å². The fourth-order valence-corrected chi connectivity index (χ4v) is 3.18. The molecule has 110 valence electrons. The molecule has 0 heterocycles. The van der Waals surface area contributed by atoms with E-state index in [1.54, 1.807) is 0 Å². The van der Waals surface area contributed by atoms with E-state index in [1.165, 1.54) is 0 Å². The second-order valence-corrected chi connectivity index (χ2v) is 6.93. The van der Waals surface area contributed by atoms with E-state index in [1.807, 2.05) is 25.9 Å². The number of sulfonamides is 1. The van der Waals surface area contributed by atoms with E-state index in [4.69, 9.17) is 0 Å². The first-order chi connectivity index (χ1) is 8.37. The van der Waals surface area contributed by atoms with Gasteiger partial charge in [-0.25, -0.2) is 13.1 Å². The van der Waals surface area contributed by atoms with Crippen LogP contribution in [0.5, 0.6) is 0 Å². The molecule has 2 N–H and O–H groups in total. The van der Waals surface area contributed by atoms with E-state index in [0.717, 1.165) is 32.5 Å². The summed E-state index contributed by atoms with van der Waals surface area (Å²) in [4.78, 5) is 1.97. The Kier molecular flexibility index (Phi) is 9.63. The molecule has 0 aliphatic rings. The largest absolute Gasteiger partial charge is 0.317 e. The molecule has 6 heteroatoms. The van der Waals surface area contributed by atoms with Crippen LogP contribution in [-0.2, 0) is 10.0 Å². The predicted octanol–water partition coefficient (Wildman–Crippen LogP) is 0.636. The molecule has 1 unspecified atom stereocenters. The van der Waals surface area contributed by atoms with Gasteiger partial charge in [0, 0.05) is 12.6 Å². The van der Waals surface area contributed by atoms with Crippen molar-refractivity contribution in [1.82, 2.24) is 14.9 Å². The number of nitrogens with one attached hydrogen (secondary N) is 2. The van der Waals surface area contributed by atoms with Crippen LogP contribution in [0.3, 0.4) is 0 Å². The third kappa shape index (κ3) is 11.0. The zero-order chi connectivity index (χ0) is 14.0. The highest BCUT2D eigenvalue weighted by molar-refractivity contribution is 7.89. The summed E-state index contributed by atoms with van der Waals surface area (Å²) in [5, 5.41) is 3.27. The highest BCUT2D eigenvalue weighted by Crippen LogP contribution is 1.97. The van der Waals surface area contributed by atoms with Crippen LogP contribution in [0.2, 0.25) is 0 Å². The van der Waals surface area contributed by atoms with Crippen LogP contribution in [0.1, 0.15) is 33.1 Å².